The van der Waals surface area contributed by atoms with E-state index in [-0.39, 0.29) is 11.9 Å². The zero-order chi connectivity index (χ0) is 13.2. The Labute approximate surface area is 112 Å². The van der Waals surface area contributed by atoms with E-state index < -0.39 is 0 Å². The van der Waals surface area contributed by atoms with Crippen LogP contribution in [0.4, 0.5) is 0 Å². The molecule has 4 heteroatoms. The molecule has 2 N–H and O–H groups in total. The highest BCUT2D eigenvalue weighted by Gasteiger charge is 2.23. The average molecular weight is 255 g/mol. The van der Waals surface area contributed by atoms with Crippen molar-refractivity contribution in [2.45, 2.75) is 18.9 Å². The summed E-state index contributed by atoms with van der Waals surface area (Å²) < 4.78 is 0. The molecule has 0 bridgehead atoms. The third-order valence-electron chi connectivity index (χ3n) is 3.69. The van der Waals surface area contributed by atoms with Crippen molar-refractivity contribution < 1.29 is 4.79 Å². The number of benzene rings is 1. The first-order valence-electron chi connectivity index (χ1n) is 6.64. The van der Waals surface area contributed by atoms with Gasteiger partial charge in [-0.3, -0.25) is 9.78 Å². The number of para-hydroxylation sites is 1. The minimum absolute atomic E-state index is 0.0659. The molecule has 1 amide bonds. The van der Waals surface area contributed by atoms with Gasteiger partial charge < -0.3 is 10.6 Å². The van der Waals surface area contributed by atoms with Crippen molar-refractivity contribution in [3.05, 3.63) is 42.1 Å². The third-order valence-corrected chi connectivity index (χ3v) is 3.69. The zero-order valence-electron chi connectivity index (χ0n) is 10.7. The molecule has 1 saturated heterocycles. The first-order valence-corrected chi connectivity index (χ1v) is 6.64. The van der Waals surface area contributed by atoms with Crippen LogP contribution in [0.25, 0.3) is 10.9 Å². The van der Waals surface area contributed by atoms with E-state index in [1.165, 1.54) is 0 Å². The molecule has 1 aliphatic rings. The number of hydrogen-bond donors (Lipinski definition) is 1. The Balaban J connectivity index is 1.93. The number of pyridine rings is 1. The second-order valence-electron chi connectivity index (χ2n) is 5.01. The minimum Gasteiger partial charge on any atom is -0.338 e. The molecule has 2 heterocycles. The number of carbonyl (C=O) groups is 1. The molecule has 2 aromatic rings. The number of aromatic nitrogens is 1. The zero-order valence-corrected chi connectivity index (χ0v) is 10.7. The number of likely N-dealkylation sites (tertiary alicyclic amines) is 1. The normalized spacial score (nSPS) is 16.8. The topological polar surface area (TPSA) is 59.2 Å². The summed E-state index contributed by atoms with van der Waals surface area (Å²) in [5.74, 6) is 0.0659. The van der Waals surface area contributed by atoms with Gasteiger partial charge in [-0.2, -0.15) is 0 Å². The number of rotatable bonds is 1. The molecule has 19 heavy (non-hydrogen) atoms. The molecule has 3 rings (SSSR count). The van der Waals surface area contributed by atoms with Crippen LogP contribution < -0.4 is 5.73 Å². The monoisotopic (exact) mass is 255 g/mol. The van der Waals surface area contributed by atoms with Crippen molar-refractivity contribution in [2.24, 2.45) is 5.73 Å². The minimum atomic E-state index is 0.0659. The van der Waals surface area contributed by atoms with E-state index in [0.29, 0.717) is 5.56 Å². The molecule has 98 valence electrons. The molecule has 1 aromatic heterocycles. The van der Waals surface area contributed by atoms with Gasteiger partial charge >= 0.3 is 0 Å². The van der Waals surface area contributed by atoms with Crippen LogP contribution in [0.1, 0.15) is 23.2 Å². The van der Waals surface area contributed by atoms with Crippen molar-refractivity contribution in [3.8, 4) is 0 Å². The maximum atomic E-state index is 12.6. The van der Waals surface area contributed by atoms with E-state index in [9.17, 15) is 4.79 Å². The number of hydrogen-bond acceptors (Lipinski definition) is 3. The van der Waals surface area contributed by atoms with Gasteiger partial charge in [0, 0.05) is 30.7 Å². The van der Waals surface area contributed by atoms with Crippen LogP contribution in [-0.2, 0) is 0 Å². The lowest BCUT2D eigenvalue weighted by molar-refractivity contribution is 0.0716. The van der Waals surface area contributed by atoms with Crippen LogP contribution in [0, 0.1) is 0 Å². The number of nitrogens with two attached hydrogens (primary N) is 1. The Morgan fingerprint density at radius 2 is 1.95 bits per heavy atom. The maximum absolute atomic E-state index is 12.6. The predicted octanol–water partition coefficient (Wildman–Crippen LogP) is 1.80. The fourth-order valence-corrected chi connectivity index (χ4v) is 2.55. The fourth-order valence-electron chi connectivity index (χ4n) is 2.55. The summed E-state index contributed by atoms with van der Waals surface area (Å²) in [6.07, 6.45) is 3.49. The molecule has 1 fully saturated rings. The van der Waals surface area contributed by atoms with E-state index in [4.69, 9.17) is 5.73 Å². The Bertz CT molecular complexity index is 598. The SMILES string of the molecule is NC1CCN(C(=O)c2cccc3cccnc23)CC1. The van der Waals surface area contributed by atoms with Crippen LogP contribution >= 0.6 is 0 Å². The van der Waals surface area contributed by atoms with Gasteiger partial charge in [-0.05, 0) is 25.0 Å². The van der Waals surface area contributed by atoms with Crippen molar-refractivity contribution in [2.75, 3.05) is 13.1 Å². The van der Waals surface area contributed by atoms with Gasteiger partial charge in [-0.25, -0.2) is 0 Å². The fraction of sp³-hybridized carbons (Fsp3) is 0.333. The lowest BCUT2D eigenvalue weighted by Crippen LogP contribution is -2.42. The third kappa shape index (κ3) is 2.31. The van der Waals surface area contributed by atoms with Gasteiger partial charge in [0.1, 0.15) is 0 Å². The second-order valence-corrected chi connectivity index (χ2v) is 5.01. The number of amides is 1. The standard InChI is InChI=1S/C15H17N3O/c16-12-6-9-18(10-7-12)15(19)13-5-1-3-11-4-2-8-17-14(11)13/h1-5,8,12H,6-7,9-10,16H2. The molecule has 1 aromatic carbocycles. The predicted molar refractivity (Wildman–Crippen MR) is 74.9 cm³/mol. The van der Waals surface area contributed by atoms with Gasteiger partial charge in [0.15, 0.2) is 0 Å². The van der Waals surface area contributed by atoms with Crippen molar-refractivity contribution >= 4 is 16.8 Å². The summed E-state index contributed by atoms with van der Waals surface area (Å²) in [6.45, 7) is 1.48. The van der Waals surface area contributed by atoms with E-state index in [2.05, 4.69) is 4.98 Å². The first kappa shape index (κ1) is 12.1. The van der Waals surface area contributed by atoms with Crippen LogP contribution in [0.15, 0.2) is 36.5 Å². The summed E-state index contributed by atoms with van der Waals surface area (Å²) >= 11 is 0. The molecule has 0 atom stereocenters. The molecule has 4 nitrogen and oxygen atoms in total. The van der Waals surface area contributed by atoms with Crippen LogP contribution in [0.5, 0.6) is 0 Å². The Morgan fingerprint density at radius 1 is 1.21 bits per heavy atom. The molecule has 0 aliphatic carbocycles. The lowest BCUT2D eigenvalue weighted by atomic mass is 10.0. The van der Waals surface area contributed by atoms with Crippen LogP contribution in [-0.4, -0.2) is 34.9 Å². The van der Waals surface area contributed by atoms with Crippen LogP contribution in [0.2, 0.25) is 0 Å². The quantitative estimate of drug-likeness (QED) is 0.845. The summed E-state index contributed by atoms with van der Waals surface area (Å²) in [5.41, 5.74) is 7.35. The maximum Gasteiger partial charge on any atom is 0.256 e. The van der Waals surface area contributed by atoms with Crippen molar-refractivity contribution in [3.63, 3.8) is 0 Å². The molecule has 0 radical (unpaired) electrons. The highest BCUT2D eigenvalue weighted by Crippen LogP contribution is 2.19. The summed E-state index contributed by atoms with van der Waals surface area (Å²) in [7, 11) is 0. The van der Waals surface area contributed by atoms with Gasteiger partial charge in [0.25, 0.3) is 5.91 Å². The van der Waals surface area contributed by atoms with Gasteiger partial charge in [-0.1, -0.05) is 18.2 Å². The second kappa shape index (κ2) is 4.97. The summed E-state index contributed by atoms with van der Waals surface area (Å²) in [6, 6.07) is 9.83. The van der Waals surface area contributed by atoms with Gasteiger partial charge in [0.05, 0.1) is 11.1 Å². The highest BCUT2D eigenvalue weighted by molar-refractivity contribution is 6.05. The number of fused-ring (bicyclic) bond motifs is 1. The van der Waals surface area contributed by atoms with Crippen molar-refractivity contribution in [1.82, 2.24) is 9.88 Å². The van der Waals surface area contributed by atoms with Crippen molar-refractivity contribution in [1.29, 1.82) is 0 Å². The smallest absolute Gasteiger partial charge is 0.256 e. The van der Waals surface area contributed by atoms with E-state index >= 15 is 0 Å². The van der Waals surface area contributed by atoms with E-state index in [1.807, 2.05) is 35.2 Å². The number of carbonyl (C=O) groups excluding carboxylic acids is 1. The first-order chi connectivity index (χ1) is 9.25. The lowest BCUT2D eigenvalue weighted by Gasteiger charge is -2.30. The average Bonchev–Trinajstić information content (AvgIpc) is 2.47. The Morgan fingerprint density at radius 3 is 2.74 bits per heavy atom. The largest absolute Gasteiger partial charge is 0.338 e. The summed E-state index contributed by atoms with van der Waals surface area (Å²) in [5, 5.41) is 1.00. The Hall–Kier alpha value is -1.94. The van der Waals surface area contributed by atoms with E-state index in [1.54, 1.807) is 6.20 Å². The molecular weight excluding hydrogens is 238 g/mol. The molecular formula is C15H17N3O. The van der Waals surface area contributed by atoms with E-state index in [0.717, 1.165) is 36.8 Å². The van der Waals surface area contributed by atoms with Gasteiger partial charge in [-0.15, -0.1) is 0 Å². The molecule has 0 unspecified atom stereocenters. The number of nitrogens with zero attached hydrogens (tertiary/aromatic N) is 2. The number of piperidine rings is 1. The highest BCUT2D eigenvalue weighted by atomic mass is 16.2. The molecule has 0 spiro atoms. The molecule has 1 aliphatic heterocycles. The summed E-state index contributed by atoms with van der Waals surface area (Å²) in [4.78, 5) is 18.8. The molecule has 0 saturated carbocycles. The van der Waals surface area contributed by atoms with Gasteiger partial charge in [0.2, 0.25) is 0 Å². The Kier molecular flexibility index (Phi) is 3.17. The van der Waals surface area contributed by atoms with Crippen LogP contribution in [0.3, 0.4) is 0 Å².